The molecule has 0 saturated carbocycles. The Hall–Kier alpha value is -2.55. The highest BCUT2D eigenvalue weighted by Gasteiger charge is 2.28. The molecule has 0 spiro atoms. The van der Waals surface area contributed by atoms with Gasteiger partial charge in [-0.15, -0.1) is 10.2 Å². The zero-order valence-corrected chi connectivity index (χ0v) is 16.5. The predicted molar refractivity (Wildman–Crippen MR) is 102 cm³/mol. The van der Waals surface area contributed by atoms with Crippen LogP contribution in [0.1, 0.15) is 44.4 Å². The summed E-state index contributed by atoms with van der Waals surface area (Å²) in [5.74, 6) is 1.49. The van der Waals surface area contributed by atoms with Crippen LogP contribution in [0.25, 0.3) is 11.2 Å². The molecule has 144 valence electrons. The molecule has 1 aliphatic heterocycles. The normalized spacial score (nSPS) is 18.0. The highest BCUT2D eigenvalue weighted by Crippen LogP contribution is 2.28. The van der Waals surface area contributed by atoms with Crippen LogP contribution < -0.4 is 4.90 Å². The molecule has 3 aromatic heterocycles. The van der Waals surface area contributed by atoms with Crippen molar-refractivity contribution in [3.63, 3.8) is 0 Å². The van der Waals surface area contributed by atoms with E-state index in [4.69, 9.17) is 4.98 Å². The predicted octanol–water partition coefficient (Wildman–Crippen LogP) is 1.18. The van der Waals surface area contributed by atoms with Crippen molar-refractivity contribution in [3.05, 3.63) is 23.3 Å². The van der Waals surface area contributed by atoms with Crippen LogP contribution in [-0.2, 0) is 19.0 Å². The second-order valence-corrected chi connectivity index (χ2v) is 8.31. The summed E-state index contributed by atoms with van der Waals surface area (Å²) in [5, 5.41) is 23.6. The first kappa shape index (κ1) is 17.8. The van der Waals surface area contributed by atoms with Crippen LogP contribution in [0.3, 0.4) is 0 Å². The topological polar surface area (TPSA) is 97.8 Å². The van der Waals surface area contributed by atoms with E-state index in [-0.39, 0.29) is 11.5 Å². The lowest BCUT2D eigenvalue weighted by Gasteiger charge is -2.21. The van der Waals surface area contributed by atoms with Crippen LogP contribution >= 0.6 is 0 Å². The smallest absolute Gasteiger partial charge is 0.207 e. The SMILES string of the molecule is Cc1cc(Cn2nc3nc(C(C)(C)C)nc(N4CCC(O)C4)c3n2)n(C)n1. The number of rotatable bonds is 3. The van der Waals surface area contributed by atoms with Crippen molar-refractivity contribution >= 4 is 17.0 Å². The average molecular weight is 370 g/mol. The number of nitrogens with zero attached hydrogens (tertiary/aromatic N) is 8. The molecule has 27 heavy (non-hydrogen) atoms. The van der Waals surface area contributed by atoms with E-state index < -0.39 is 0 Å². The number of aliphatic hydroxyl groups is 1. The van der Waals surface area contributed by atoms with Gasteiger partial charge in [-0.3, -0.25) is 4.68 Å². The highest BCUT2D eigenvalue weighted by molar-refractivity contribution is 5.82. The molecule has 0 radical (unpaired) electrons. The first-order chi connectivity index (χ1) is 12.7. The Kier molecular flexibility index (Phi) is 4.14. The first-order valence-electron chi connectivity index (χ1n) is 9.26. The molecule has 1 saturated heterocycles. The molecule has 4 heterocycles. The van der Waals surface area contributed by atoms with E-state index >= 15 is 0 Å². The maximum Gasteiger partial charge on any atom is 0.207 e. The van der Waals surface area contributed by atoms with Crippen LogP contribution in [0.2, 0.25) is 0 Å². The van der Waals surface area contributed by atoms with Gasteiger partial charge in [0.15, 0.2) is 11.3 Å². The molecule has 3 aromatic rings. The van der Waals surface area contributed by atoms with E-state index in [9.17, 15) is 5.11 Å². The molecule has 0 amide bonds. The molecule has 1 N–H and O–H groups in total. The minimum absolute atomic E-state index is 0.204. The van der Waals surface area contributed by atoms with Crippen molar-refractivity contribution in [2.75, 3.05) is 18.0 Å². The van der Waals surface area contributed by atoms with Gasteiger partial charge in [-0.1, -0.05) is 20.8 Å². The largest absolute Gasteiger partial charge is 0.391 e. The van der Waals surface area contributed by atoms with Crippen LogP contribution in [0.15, 0.2) is 6.07 Å². The Bertz CT molecular complexity index is 983. The van der Waals surface area contributed by atoms with Crippen molar-refractivity contribution in [2.45, 2.75) is 52.2 Å². The molecular formula is C18H26N8O. The Balaban J connectivity index is 1.79. The second kappa shape index (κ2) is 6.26. The van der Waals surface area contributed by atoms with Gasteiger partial charge < -0.3 is 10.0 Å². The maximum absolute atomic E-state index is 9.96. The van der Waals surface area contributed by atoms with Crippen molar-refractivity contribution in [2.24, 2.45) is 7.05 Å². The maximum atomic E-state index is 9.96. The van der Waals surface area contributed by atoms with Gasteiger partial charge in [0.2, 0.25) is 5.65 Å². The van der Waals surface area contributed by atoms with E-state index in [0.717, 1.165) is 36.0 Å². The van der Waals surface area contributed by atoms with E-state index in [1.165, 1.54) is 0 Å². The van der Waals surface area contributed by atoms with Crippen molar-refractivity contribution in [1.29, 1.82) is 0 Å². The summed E-state index contributed by atoms with van der Waals surface area (Å²) in [4.78, 5) is 13.2. The summed E-state index contributed by atoms with van der Waals surface area (Å²) in [5.41, 5.74) is 3.05. The van der Waals surface area contributed by atoms with Gasteiger partial charge in [-0.25, -0.2) is 9.97 Å². The Morgan fingerprint density at radius 2 is 1.96 bits per heavy atom. The second-order valence-electron chi connectivity index (χ2n) is 8.31. The quantitative estimate of drug-likeness (QED) is 0.739. The number of hydrogen-bond donors (Lipinski definition) is 1. The molecule has 1 unspecified atom stereocenters. The monoisotopic (exact) mass is 370 g/mol. The summed E-state index contributed by atoms with van der Waals surface area (Å²) in [6.45, 7) is 10.0. The fourth-order valence-electron chi connectivity index (χ4n) is 3.36. The van der Waals surface area contributed by atoms with E-state index in [0.29, 0.717) is 24.3 Å². The summed E-state index contributed by atoms with van der Waals surface area (Å²) in [6.07, 6.45) is 0.402. The Labute approximate surface area is 158 Å². The molecular weight excluding hydrogens is 344 g/mol. The van der Waals surface area contributed by atoms with Gasteiger partial charge >= 0.3 is 0 Å². The molecule has 9 nitrogen and oxygen atoms in total. The lowest BCUT2D eigenvalue weighted by Crippen LogP contribution is -2.25. The zero-order valence-electron chi connectivity index (χ0n) is 16.5. The van der Waals surface area contributed by atoms with Gasteiger partial charge in [0, 0.05) is 25.6 Å². The Morgan fingerprint density at radius 3 is 2.56 bits per heavy atom. The first-order valence-corrected chi connectivity index (χ1v) is 9.26. The fourth-order valence-corrected chi connectivity index (χ4v) is 3.36. The average Bonchev–Trinajstić information content (AvgIpc) is 3.25. The summed E-state index contributed by atoms with van der Waals surface area (Å²) in [6, 6.07) is 2.03. The highest BCUT2D eigenvalue weighted by atomic mass is 16.3. The summed E-state index contributed by atoms with van der Waals surface area (Å²) < 4.78 is 1.84. The number of hydrogen-bond acceptors (Lipinski definition) is 7. The molecule has 0 bridgehead atoms. The molecule has 4 rings (SSSR count). The number of anilines is 1. The molecule has 1 fully saturated rings. The Morgan fingerprint density at radius 1 is 1.19 bits per heavy atom. The summed E-state index contributed by atoms with van der Waals surface area (Å²) in [7, 11) is 1.92. The molecule has 0 aromatic carbocycles. The fraction of sp³-hybridized carbons (Fsp3) is 0.611. The van der Waals surface area contributed by atoms with Crippen LogP contribution in [0.5, 0.6) is 0 Å². The lowest BCUT2D eigenvalue weighted by molar-refractivity contribution is 0.198. The van der Waals surface area contributed by atoms with Gasteiger partial charge in [0.05, 0.1) is 17.5 Å². The molecule has 1 aliphatic rings. The van der Waals surface area contributed by atoms with Gasteiger partial charge in [0.1, 0.15) is 12.4 Å². The minimum Gasteiger partial charge on any atom is -0.391 e. The lowest BCUT2D eigenvalue weighted by atomic mass is 9.96. The van der Waals surface area contributed by atoms with E-state index in [2.05, 4.69) is 46.0 Å². The standard InChI is InChI=1S/C18H26N8O/c1-11-8-12(24(5)21-11)9-26-22-14-15(23-26)19-17(18(2,3)4)20-16(14)25-7-6-13(27)10-25/h8,13,27H,6-7,9-10H2,1-5H3. The number of β-amino-alcohol motifs (C(OH)–C–C–N with tert-alkyl or cyclic N) is 1. The third-order valence-corrected chi connectivity index (χ3v) is 4.81. The van der Waals surface area contributed by atoms with Gasteiger partial charge in [0.25, 0.3) is 0 Å². The van der Waals surface area contributed by atoms with Crippen LogP contribution in [-0.4, -0.2) is 59.0 Å². The van der Waals surface area contributed by atoms with E-state index in [1.54, 1.807) is 4.80 Å². The van der Waals surface area contributed by atoms with Crippen molar-refractivity contribution < 1.29 is 5.11 Å². The van der Waals surface area contributed by atoms with E-state index in [1.807, 2.05) is 24.7 Å². The number of aryl methyl sites for hydroxylation is 2. The van der Waals surface area contributed by atoms with Crippen molar-refractivity contribution in [1.82, 2.24) is 34.7 Å². The third kappa shape index (κ3) is 3.39. The summed E-state index contributed by atoms with van der Waals surface area (Å²) >= 11 is 0. The van der Waals surface area contributed by atoms with Gasteiger partial charge in [-0.2, -0.15) is 9.90 Å². The minimum atomic E-state index is -0.333. The van der Waals surface area contributed by atoms with Crippen LogP contribution in [0.4, 0.5) is 5.82 Å². The number of aliphatic hydroxyl groups excluding tert-OH is 1. The third-order valence-electron chi connectivity index (χ3n) is 4.81. The van der Waals surface area contributed by atoms with Crippen molar-refractivity contribution in [3.8, 4) is 0 Å². The van der Waals surface area contributed by atoms with Gasteiger partial charge in [-0.05, 0) is 19.4 Å². The molecule has 9 heteroatoms. The number of fused-ring (bicyclic) bond motifs is 1. The zero-order chi connectivity index (χ0) is 19.3. The number of aromatic nitrogens is 7. The molecule has 1 atom stereocenters. The molecule has 0 aliphatic carbocycles. The van der Waals surface area contributed by atoms with Crippen LogP contribution in [0, 0.1) is 6.92 Å².